The van der Waals surface area contributed by atoms with Crippen LogP contribution in [0.15, 0.2) is 45.6 Å². The van der Waals surface area contributed by atoms with Crippen molar-refractivity contribution in [2.75, 3.05) is 5.73 Å². The van der Waals surface area contributed by atoms with Crippen molar-refractivity contribution in [3.05, 3.63) is 41.1 Å². The van der Waals surface area contributed by atoms with Gasteiger partial charge in [0.1, 0.15) is 0 Å². The number of aromatic nitrogens is 2. The van der Waals surface area contributed by atoms with Gasteiger partial charge in [-0.1, -0.05) is 5.16 Å². The number of nitrogens with zero attached hydrogens (tertiary/aromatic N) is 2. The van der Waals surface area contributed by atoms with E-state index >= 15 is 0 Å². The molecule has 0 radical (unpaired) electrons. The highest BCUT2D eigenvalue weighted by Gasteiger charge is 2.10. The van der Waals surface area contributed by atoms with E-state index < -0.39 is 0 Å². The highest BCUT2D eigenvalue weighted by Crippen LogP contribution is 2.23. The van der Waals surface area contributed by atoms with Crippen molar-refractivity contribution in [3.63, 3.8) is 0 Å². The molecule has 0 aliphatic rings. The molecular weight excluding hydrogens is 234 g/mol. The highest BCUT2D eigenvalue weighted by atomic mass is 32.1. The molecule has 0 aliphatic carbocycles. The summed E-state index contributed by atoms with van der Waals surface area (Å²) in [6, 6.07) is 9.30. The minimum atomic E-state index is 0.506. The Morgan fingerprint density at radius 3 is 2.59 bits per heavy atom. The molecule has 0 aliphatic heterocycles. The van der Waals surface area contributed by atoms with Crippen LogP contribution in [0.25, 0.3) is 22.8 Å². The van der Waals surface area contributed by atoms with Crippen LogP contribution in [0.5, 0.6) is 0 Å². The van der Waals surface area contributed by atoms with Crippen molar-refractivity contribution in [3.8, 4) is 22.8 Å². The van der Waals surface area contributed by atoms with Crippen LogP contribution in [0.4, 0.5) is 5.69 Å². The summed E-state index contributed by atoms with van der Waals surface area (Å²) in [5.41, 5.74) is 8.18. The van der Waals surface area contributed by atoms with Crippen molar-refractivity contribution in [1.29, 1.82) is 0 Å². The number of nitrogens with two attached hydrogens (primary N) is 1. The highest BCUT2D eigenvalue weighted by molar-refractivity contribution is 7.08. The quantitative estimate of drug-likeness (QED) is 0.702. The van der Waals surface area contributed by atoms with E-state index in [1.165, 1.54) is 0 Å². The third kappa shape index (κ3) is 1.92. The molecule has 1 aromatic carbocycles. The zero-order valence-electron chi connectivity index (χ0n) is 8.83. The van der Waals surface area contributed by atoms with Gasteiger partial charge in [-0.25, -0.2) is 0 Å². The van der Waals surface area contributed by atoms with Crippen molar-refractivity contribution < 1.29 is 4.52 Å². The third-order valence-electron chi connectivity index (χ3n) is 2.36. The standard InChI is InChI=1S/C12H9N3OS/c13-10-3-1-8(2-4-10)12-14-11(15-16-12)9-5-6-17-7-9/h1-7H,13H2. The molecule has 3 rings (SSSR count). The molecule has 84 valence electrons. The summed E-state index contributed by atoms with van der Waals surface area (Å²) < 4.78 is 5.22. The van der Waals surface area contributed by atoms with Gasteiger partial charge in [0, 0.05) is 22.2 Å². The van der Waals surface area contributed by atoms with E-state index in [-0.39, 0.29) is 0 Å². The lowest BCUT2D eigenvalue weighted by atomic mass is 10.2. The number of nitrogen functional groups attached to an aromatic ring is 1. The Bertz CT molecular complexity index is 614. The smallest absolute Gasteiger partial charge is 0.258 e. The Morgan fingerprint density at radius 1 is 1.06 bits per heavy atom. The lowest BCUT2D eigenvalue weighted by molar-refractivity contribution is 0.432. The van der Waals surface area contributed by atoms with E-state index in [1.54, 1.807) is 11.3 Å². The minimum absolute atomic E-state index is 0.506. The Labute approximate surface area is 102 Å². The number of rotatable bonds is 2. The van der Waals surface area contributed by atoms with Crippen LogP contribution < -0.4 is 5.73 Å². The maximum atomic E-state index is 5.62. The number of hydrogen-bond acceptors (Lipinski definition) is 5. The van der Waals surface area contributed by atoms with Gasteiger partial charge in [-0.3, -0.25) is 0 Å². The van der Waals surface area contributed by atoms with E-state index in [1.807, 2.05) is 41.1 Å². The molecule has 3 aromatic rings. The van der Waals surface area contributed by atoms with Crippen molar-refractivity contribution in [2.45, 2.75) is 0 Å². The van der Waals surface area contributed by atoms with Gasteiger partial charge in [0.05, 0.1) is 0 Å². The van der Waals surface area contributed by atoms with E-state index in [0.29, 0.717) is 17.4 Å². The van der Waals surface area contributed by atoms with Crippen LogP contribution in [0.1, 0.15) is 0 Å². The van der Waals surface area contributed by atoms with Gasteiger partial charge in [0.25, 0.3) is 5.89 Å². The van der Waals surface area contributed by atoms with Crippen LogP contribution >= 0.6 is 11.3 Å². The van der Waals surface area contributed by atoms with Gasteiger partial charge in [-0.15, -0.1) is 0 Å². The molecule has 0 saturated heterocycles. The largest absolute Gasteiger partial charge is 0.399 e. The molecule has 0 fully saturated rings. The molecule has 0 unspecified atom stereocenters. The lowest BCUT2D eigenvalue weighted by Crippen LogP contribution is -1.84. The second kappa shape index (κ2) is 4.03. The lowest BCUT2D eigenvalue weighted by Gasteiger charge is -1.94. The fourth-order valence-corrected chi connectivity index (χ4v) is 2.11. The van der Waals surface area contributed by atoms with E-state index in [0.717, 1.165) is 11.1 Å². The Morgan fingerprint density at radius 2 is 1.88 bits per heavy atom. The first-order chi connectivity index (χ1) is 8.33. The fourth-order valence-electron chi connectivity index (χ4n) is 1.48. The Balaban J connectivity index is 1.98. The second-order valence-electron chi connectivity index (χ2n) is 3.56. The molecule has 2 N–H and O–H groups in total. The van der Waals surface area contributed by atoms with Crippen molar-refractivity contribution >= 4 is 17.0 Å². The van der Waals surface area contributed by atoms with Crippen LogP contribution in [0.3, 0.4) is 0 Å². The summed E-state index contributed by atoms with van der Waals surface area (Å²) in [6.07, 6.45) is 0. The summed E-state index contributed by atoms with van der Waals surface area (Å²) in [7, 11) is 0. The average molecular weight is 243 g/mol. The van der Waals surface area contributed by atoms with Crippen molar-refractivity contribution in [2.24, 2.45) is 0 Å². The summed E-state index contributed by atoms with van der Waals surface area (Å²) in [5.74, 6) is 1.12. The topological polar surface area (TPSA) is 64.9 Å². The molecule has 0 bridgehead atoms. The minimum Gasteiger partial charge on any atom is -0.399 e. The average Bonchev–Trinajstić information content (AvgIpc) is 3.00. The fraction of sp³-hybridized carbons (Fsp3) is 0. The predicted octanol–water partition coefficient (Wildman–Crippen LogP) is 3.05. The number of hydrogen-bond donors (Lipinski definition) is 1. The summed E-state index contributed by atoms with van der Waals surface area (Å²) >= 11 is 1.60. The monoisotopic (exact) mass is 243 g/mol. The van der Waals surface area contributed by atoms with Crippen LogP contribution in [0.2, 0.25) is 0 Å². The molecule has 0 spiro atoms. The molecule has 2 heterocycles. The zero-order valence-corrected chi connectivity index (χ0v) is 9.65. The van der Waals surface area contributed by atoms with Crippen molar-refractivity contribution in [1.82, 2.24) is 10.1 Å². The van der Waals surface area contributed by atoms with E-state index in [9.17, 15) is 0 Å². The molecule has 17 heavy (non-hydrogen) atoms. The zero-order chi connectivity index (χ0) is 11.7. The maximum absolute atomic E-state index is 5.62. The SMILES string of the molecule is Nc1ccc(-c2nc(-c3ccsc3)no2)cc1. The van der Waals surface area contributed by atoms with Gasteiger partial charge < -0.3 is 10.3 Å². The van der Waals surface area contributed by atoms with Gasteiger partial charge in [-0.05, 0) is 35.7 Å². The first kappa shape index (κ1) is 10.0. The number of benzene rings is 1. The summed E-state index contributed by atoms with van der Waals surface area (Å²) in [5, 5.41) is 7.91. The molecule has 0 atom stereocenters. The maximum Gasteiger partial charge on any atom is 0.258 e. The van der Waals surface area contributed by atoms with Crippen LogP contribution in [0, 0.1) is 0 Å². The first-order valence-electron chi connectivity index (χ1n) is 5.05. The molecular formula is C12H9N3OS. The molecule has 2 aromatic heterocycles. The normalized spacial score (nSPS) is 10.6. The molecule has 5 heteroatoms. The third-order valence-corrected chi connectivity index (χ3v) is 3.05. The van der Waals surface area contributed by atoms with Gasteiger partial charge in [0.2, 0.25) is 5.82 Å². The van der Waals surface area contributed by atoms with Gasteiger partial charge in [0.15, 0.2) is 0 Å². The number of thiophene rings is 1. The first-order valence-corrected chi connectivity index (χ1v) is 5.99. The van der Waals surface area contributed by atoms with E-state index in [2.05, 4.69) is 10.1 Å². The number of anilines is 1. The van der Waals surface area contributed by atoms with Gasteiger partial charge in [-0.2, -0.15) is 16.3 Å². The molecule has 4 nitrogen and oxygen atoms in total. The van der Waals surface area contributed by atoms with Gasteiger partial charge >= 0.3 is 0 Å². The molecule has 0 saturated carbocycles. The Hall–Kier alpha value is -2.14. The predicted molar refractivity (Wildman–Crippen MR) is 67.5 cm³/mol. The summed E-state index contributed by atoms with van der Waals surface area (Å²) in [6.45, 7) is 0. The van der Waals surface area contributed by atoms with Crippen LogP contribution in [-0.2, 0) is 0 Å². The second-order valence-corrected chi connectivity index (χ2v) is 4.34. The summed E-state index contributed by atoms with van der Waals surface area (Å²) in [4.78, 5) is 4.34. The molecule has 0 amide bonds. The van der Waals surface area contributed by atoms with E-state index in [4.69, 9.17) is 10.3 Å². The van der Waals surface area contributed by atoms with Crippen LogP contribution in [-0.4, -0.2) is 10.1 Å². The Kier molecular flexibility index (Phi) is 2.38.